The summed E-state index contributed by atoms with van der Waals surface area (Å²) < 4.78 is 18.8. The molecule has 0 aliphatic carbocycles. The first-order valence-corrected chi connectivity index (χ1v) is 6.42. The van der Waals surface area contributed by atoms with Crippen molar-refractivity contribution in [1.82, 2.24) is 20.2 Å². The molecule has 0 saturated carbocycles. The second kappa shape index (κ2) is 6.87. The lowest BCUT2D eigenvalue weighted by atomic mass is 10.2. The highest BCUT2D eigenvalue weighted by molar-refractivity contribution is 6.18. The van der Waals surface area contributed by atoms with Gasteiger partial charge in [-0.3, -0.25) is 0 Å². The highest BCUT2D eigenvalue weighted by Gasteiger charge is 2.06. The Hall–Kier alpha value is -2.13. The van der Waals surface area contributed by atoms with Crippen molar-refractivity contribution >= 4 is 11.6 Å². The summed E-state index contributed by atoms with van der Waals surface area (Å²) in [5.41, 5.74) is 0.471. The van der Waals surface area contributed by atoms with Gasteiger partial charge in [-0.2, -0.15) is 4.80 Å². The molecule has 0 N–H and O–H groups in total. The Balaban J connectivity index is 2.12. The Labute approximate surface area is 120 Å². The minimum atomic E-state index is -0.370. The number of ether oxygens (including phenoxy) is 1. The third-order valence-corrected chi connectivity index (χ3v) is 2.48. The zero-order valence-electron chi connectivity index (χ0n) is 10.8. The summed E-state index contributed by atoms with van der Waals surface area (Å²) in [6.45, 7) is 0.143. The van der Waals surface area contributed by atoms with Gasteiger partial charge in [0.25, 0.3) is 0 Å². The number of tetrazole rings is 1. The molecule has 2 rings (SSSR count). The van der Waals surface area contributed by atoms with E-state index in [4.69, 9.17) is 16.3 Å². The van der Waals surface area contributed by atoms with Crippen molar-refractivity contribution in [2.45, 2.75) is 13.0 Å². The van der Waals surface area contributed by atoms with Gasteiger partial charge in [-0.25, -0.2) is 4.39 Å². The number of aryl methyl sites for hydroxylation is 1. The van der Waals surface area contributed by atoms with Gasteiger partial charge in [-0.15, -0.1) is 21.8 Å². The lowest BCUT2D eigenvalue weighted by Crippen LogP contribution is -2.00. The van der Waals surface area contributed by atoms with E-state index in [1.165, 1.54) is 23.0 Å². The van der Waals surface area contributed by atoms with Crippen molar-refractivity contribution in [3.63, 3.8) is 0 Å². The molecule has 1 aromatic heterocycles. The van der Waals surface area contributed by atoms with Crippen LogP contribution in [0.5, 0.6) is 5.75 Å². The number of hydrogen-bond donors (Lipinski definition) is 0. The summed E-state index contributed by atoms with van der Waals surface area (Å²) in [4.78, 5) is 1.34. The van der Waals surface area contributed by atoms with Crippen LogP contribution in [0.4, 0.5) is 4.39 Å². The van der Waals surface area contributed by atoms with Gasteiger partial charge in [-0.1, -0.05) is 11.8 Å². The van der Waals surface area contributed by atoms with Gasteiger partial charge < -0.3 is 4.74 Å². The van der Waals surface area contributed by atoms with Crippen LogP contribution in [0, 0.1) is 17.7 Å². The molecule has 0 saturated heterocycles. The van der Waals surface area contributed by atoms with Gasteiger partial charge in [-0.05, 0) is 23.4 Å². The summed E-state index contributed by atoms with van der Waals surface area (Å²) in [5, 5.41) is 11.5. The molecule has 20 heavy (non-hydrogen) atoms. The molecule has 0 amide bonds. The van der Waals surface area contributed by atoms with Crippen LogP contribution in [-0.4, -0.2) is 26.1 Å². The SMILES string of the molecule is Cn1nnc(COc2ccc(F)cc2C#CCCCl)n1. The predicted molar refractivity (Wildman–Crippen MR) is 71.7 cm³/mol. The number of nitrogens with zero attached hydrogens (tertiary/aromatic N) is 4. The minimum absolute atomic E-state index is 0.143. The van der Waals surface area contributed by atoms with Crippen molar-refractivity contribution in [3.8, 4) is 17.6 Å². The Bertz CT molecular complexity index is 647. The van der Waals surface area contributed by atoms with Crippen LogP contribution in [0.3, 0.4) is 0 Å². The molecule has 5 nitrogen and oxygen atoms in total. The maximum Gasteiger partial charge on any atom is 0.212 e. The fourth-order valence-electron chi connectivity index (χ4n) is 1.45. The van der Waals surface area contributed by atoms with Crippen LogP contribution in [-0.2, 0) is 13.7 Å². The van der Waals surface area contributed by atoms with Crippen LogP contribution in [0.2, 0.25) is 0 Å². The van der Waals surface area contributed by atoms with E-state index in [0.717, 1.165) is 0 Å². The summed E-state index contributed by atoms with van der Waals surface area (Å²) in [5.74, 6) is 6.66. The molecule has 0 unspecified atom stereocenters. The lowest BCUT2D eigenvalue weighted by Gasteiger charge is -2.06. The number of alkyl halides is 1. The molecular formula is C13H12ClFN4O. The number of benzene rings is 1. The van der Waals surface area contributed by atoms with E-state index in [-0.39, 0.29) is 12.4 Å². The molecule has 7 heteroatoms. The van der Waals surface area contributed by atoms with Crippen LogP contribution in [0.25, 0.3) is 0 Å². The van der Waals surface area contributed by atoms with Crippen molar-refractivity contribution < 1.29 is 9.13 Å². The van der Waals surface area contributed by atoms with E-state index in [9.17, 15) is 4.39 Å². The van der Waals surface area contributed by atoms with E-state index in [1.807, 2.05) is 0 Å². The van der Waals surface area contributed by atoms with Gasteiger partial charge in [0.05, 0.1) is 12.6 Å². The first kappa shape index (κ1) is 14.3. The molecular weight excluding hydrogens is 283 g/mol. The van der Waals surface area contributed by atoms with Crippen molar-refractivity contribution in [3.05, 3.63) is 35.4 Å². The first-order valence-electron chi connectivity index (χ1n) is 5.89. The fourth-order valence-corrected chi connectivity index (χ4v) is 1.55. The third-order valence-electron chi connectivity index (χ3n) is 2.29. The van der Waals surface area contributed by atoms with Crippen LogP contribution >= 0.6 is 11.6 Å². The Morgan fingerprint density at radius 3 is 3.00 bits per heavy atom. The number of aromatic nitrogens is 4. The maximum atomic E-state index is 13.2. The first-order chi connectivity index (χ1) is 9.69. The van der Waals surface area contributed by atoms with Crippen molar-refractivity contribution in [2.24, 2.45) is 7.05 Å². The predicted octanol–water partition coefficient (Wildman–Crippen LogP) is 1.91. The molecule has 0 atom stereocenters. The second-order valence-corrected chi connectivity index (χ2v) is 4.24. The molecule has 0 aliphatic heterocycles. The van der Waals surface area contributed by atoms with Crippen molar-refractivity contribution in [2.75, 3.05) is 5.88 Å². The van der Waals surface area contributed by atoms with E-state index in [1.54, 1.807) is 7.05 Å². The lowest BCUT2D eigenvalue weighted by molar-refractivity contribution is 0.294. The van der Waals surface area contributed by atoms with Crippen LogP contribution in [0.1, 0.15) is 17.8 Å². The van der Waals surface area contributed by atoms with Gasteiger partial charge in [0.1, 0.15) is 11.6 Å². The largest absolute Gasteiger partial charge is 0.484 e. The molecule has 0 fully saturated rings. The van der Waals surface area contributed by atoms with Gasteiger partial charge in [0.15, 0.2) is 6.61 Å². The van der Waals surface area contributed by atoms with Crippen LogP contribution < -0.4 is 4.74 Å². The summed E-state index contributed by atoms with van der Waals surface area (Å²) in [6, 6.07) is 4.16. The van der Waals surface area contributed by atoms with E-state index in [2.05, 4.69) is 27.3 Å². The van der Waals surface area contributed by atoms with Gasteiger partial charge >= 0.3 is 0 Å². The number of hydrogen-bond acceptors (Lipinski definition) is 4. The zero-order valence-corrected chi connectivity index (χ0v) is 11.6. The van der Waals surface area contributed by atoms with Crippen molar-refractivity contribution in [1.29, 1.82) is 0 Å². The smallest absolute Gasteiger partial charge is 0.212 e. The molecule has 0 aliphatic rings. The molecule has 0 spiro atoms. The summed E-state index contributed by atoms with van der Waals surface area (Å²) in [7, 11) is 1.66. The minimum Gasteiger partial charge on any atom is -0.484 e. The topological polar surface area (TPSA) is 52.8 Å². The summed E-state index contributed by atoms with van der Waals surface area (Å²) in [6.07, 6.45) is 0.531. The van der Waals surface area contributed by atoms with E-state index >= 15 is 0 Å². The van der Waals surface area contributed by atoms with Gasteiger partial charge in [0, 0.05) is 12.3 Å². The second-order valence-electron chi connectivity index (χ2n) is 3.87. The Morgan fingerprint density at radius 2 is 2.30 bits per heavy atom. The Kier molecular flexibility index (Phi) is 4.91. The standard InChI is InChI=1S/C13H12ClFN4O/c1-19-17-13(16-18-19)9-20-12-6-5-11(15)8-10(12)4-2-3-7-14/h5-6,8H,3,7,9H2,1H3. The monoisotopic (exact) mass is 294 g/mol. The number of rotatable bonds is 4. The average molecular weight is 295 g/mol. The van der Waals surface area contributed by atoms with Crippen LogP contribution in [0.15, 0.2) is 18.2 Å². The zero-order chi connectivity index (χ0) is 14.4. The number of halogens is 2. The fraction of sp³-hybridized carbons (Fsp3) is 0.308. The normalized spacial score (nSPS) is 9.95. The van der Waals surface area contributed by atoms with E-state index in [0.29, 0.717) is 29.4 Å². The molecule has 1 aromatic carbocycles. The molecule has 104 valence electrons. The molecule has 1 heterocycles. The highest BCUT2D eigenvalue weighted by atomic mass is 35.5. The average Bonchev–Trinajstić information content (AvgIpc) is 2.84. The molecule has 0 radical (unpaired) electrons. The van der Waals surface area contributed by atoms with Gasteiger partial charge in [0.2, 0.25) is 5.82 Å². The summed E-state index contributed by atoms with van der Waals surface area (Å²) >= 11 is 5.55. The highest BCUT2D eigenvalue weighted by Crippen LogP contribution is 2.19. The van der Waals surface area contributed by atoms with E-state index < -0.39 is 0 Å². The maximum absolute atomic E-state index is 13.2. The molecule has 0 bridgehead atoms. The Morgan fingerprint density at radius 1 is 1.45 bits per heavy atom. The quantitative estimate of drug-likeness (QED) is 0.638. The molecule has 2 aromatic rings. The third kappa shape index (κ3) is 3.93.